The highest BCUT2D eigenvalue weighted by atomic mass is 16.4. The standard InChI is InChI=1S/C8H6O4.2C4H10O2/c9-7(10)5-1-2-6(4-3-5)8(11)12;2*5-3-1-2-4-6/h1-4H,(H,9,10)(H,11,12);2*5-6H,1-4H2. The molecule has 0 heterocycles. The van der Waals surface area contributed by atoms with Crippen molar-refractivity contribution in [1.29, 1.82) is 0 Å². The van der Waals surface area contributed by atoms with Gasteiger partial charge in [0.1, 0.15) is 0 Å². The lowest BCUT2D eigenvalue weighted by Gasteiger charge is -1.94. The molecule has 0 fully saturated rings. The van der Waals surface area contributed by atoms with Crippen LogP contribution in [0.15, 0.2) is 24.3 Å². The average molecular weight is 346 g/mol. The summed E-state index contributed by atoms with van der Waals surface area (Å²) in [4.78, 5) is 20.7. The summed E-state index contributed by atoms with van der Waals surface area (Å²) in [5.74, 6) is -2.13. The van der Waals surface area contributed by atoms with Crippen molar-refractivity contribution in [3.05, 3.63) is 35.4 Å². The summed E-state index contributed by atoms with van der Waals surface area (Å²) < 4.78 is 0. The van der Waals surface area contributed by atoms with Crippen molar-refractivity contribution in [2.75, 3.05) is 26.4 Å². The second-order valence-electron chi connectivity index (χ2n) is 4.50. The number of aromatic carboxylic acids is 2. The maximum absolute atomic E-state index is 10.3. The van der Waals surface area contributed by atoms with Crippen LogP contribution in [0.5, 0.6) is 0 Å². The maximum Gasteiger partial charge on any atom is 0.335 e. The van der Waals surface area contributed by atoms with E-state index in [-0.39, 0.29) is 37.6 Å². The van der Waals surface area contributed by atoms with E-state index in [1.807, 2.05) is 0 Å². The fraction of sp³-hybridized carbons (Fsp3) is 0.500. The summed E-state index contributed by atoms with van der Waals surface area (Å²) in [5.41, 5.74) is 0.167. The van der Waals surface area contributed by atoms with Crippen LogP contribution < -0.4 is 0 Å². The molecule has 6 N–H and O–H groups in total. The number of carboxylic acids is 2. The zero-order valence-corrected chi connectivity index (χ0v) is 13.5. The monoisotopic (exact) mass is 346 g/mol. The highest BCUT2D eigenvalue weighted by Crippen LogP contribution is 2.03. The maximum atomic E-state index is 10.3. The first-order valence-electron chi connectivity index (χ1n) is 7.44. The number of carboxylic acid groups (broad SMARTS) is 2. The molecular weight excluding hydrogens is 320 g/mol. The quantitative estimate of drug-likeness (QED) is 0.373. The molecule has 1 rings (SSSR count). The first kappa shape index (κ1) is 24.3. The summed E-state index contributed by atoms with van der Waals surface area (Å²) in [5, 5.41) is 49.3. The second-order valence-corrected chi connectivity index (χ2v) is 4.50. The summed E-state index contributed by atoms with van der Waals surface area (Å²) >= 11 is 0. The molecule has 0 aromatic heterocycles. The molecule has 0 unspecified atom stereocenters. The van der Waals surface area contributed by atoms with E-state index in [9.17, 15) is 9.59 Å². The van der Waals surface area contributed by atoms with Crippen LogP contribution in [0.25, 0.3) is 0 Å². The summed E-state index contributed by atoms with van der Waals surface area (Å²) in [6, 6.07) is 5.02. The van der Waals surface area contributed by atoms with E-state index in [2.05, 4.69) is 0 Å². The number of unbranched alkanes of at least 4 members (excludes halogenated alkanes) is 2. The molecule has 0 radical (unpaired) electrons. The smallest absolute Gasteiger partial charge is 0.335 e. The molecule has 0 atom stereocenters. The minimum Gasteiger partial charge on any atom is -0.478 e. The van der Waals surface area contributed by atoms with Crippen LogP contribution in [0.4, 0.5) is 0 Å². The first-order chi connectivity index (χ1) is 11.4. The molecule has 1 aromatic carbocycles. The van der Waals surface area contributed by atoms with Crippen molar-refractivity contribution in [2.45, 2.75) is 25.7 Å². The predicted octanol–water partition coefficient (Wildman–Crippen LogP) is 0.585. The Morgan fingerprint density at radius 1 is 0.583 bits per heavy atom. The fourth-order valence-corrected chi connectivity index (χ4v) is 1.20. The number of aliphatic hydroxyl groups is 4. The highest BCUT2D eigenvalue weighted by Gasteiger charge is 2.04. The van der Waals surface area contributed by atoms with Gasteiger partial charge in [0.25, 0.3) is 0 Å². The molecule has 0 amide bonds. The number of hydrogen-bond donors (Lipinski definition) is 6. The van der Waals surface area contributed by atoms with Crippen LogP contribution >= 0.6 is 0 Å². The van der Waals surface area contributed by atoms with Gasteiger partial charge in [-0.25, -0.2) is 9.59 Å². The Bertz CT molecular complexity index is 381. The topological polar surface area (TPSA) is 156 Å². The van der Waals surface area contributed by atoms with E-state index < -0.39 is 11.9 Å². The Morgan fingerprint density at radius 2 is 0.792 bits per heavy atom. The minimum atomic E-state index is -1.06. The fourth-order valence-electron chi connectivity index (χ4n) is 1.20. The summed E-state index contributed by atoms with van der Waals surface area (Å²) in [6.07, 6.45) is 2.88. The highest BCUT2D eigenvalue weighted by molar-refractivity contribution is 5.91. The van der Waals surface area contributed by atoms with Gasteiger partial charge in [-0.15, -0.1) is 0 Å². The Labute approximate surface area is 140 Å². The van der Waals surface area contributed by atoms with Gasteiger partial charge in [-0.3, -0.25) is 0 Å². The molecule has 0 saturated heterocycles. The normalized spacial score (nSPS) is 9.17. The van der Waals surface area contributed by atoms with Gasteiger partial charge < -0.3 is 30.6 Å². The van der Waals surface area contributed by atoms with Crippen molar-refractivity contribution in [1.82, 2.24) is 0 Å². The molecule has 0 aliphatic rings. The van der Waals surface area contributed by atoms with Crippen LogP contribution in [0.2, 0.25) is 0 Å². The van der Waals surface area contributed by atoms with Gasteiger partial charge in [-0.2, -0.15) is 0 Å². The molecule has 0 spiro atoms. The van der Waals surface area contributed by atoms with Crippen molar-refractivity contribution in [3.63, 3.8) is 0 Å². The van der Waals surface area contributed by atoms with Crippen molar-refractivity contribution in [3.8, 4) is 0 Å². The number of hydrogen-bond acceptors (Lipinski definition) is 6. The SMILES string of the molecule is O=C(O)c1ccc(C(=O)O)cc1.OCCCCO.OCCCCO. The summed E-state index contributed by atoms with van der Waals surface area (Å²) in [7, 11) is 0. The molecule has 138 valence electrons. The Balaban J connectivity index is 0. The third kappa shape index (κ3) is 14.9. The second kappa shape index (κ2) is 17.4. The third-order valence-corrected chi connectivity index (χ3v) is 2.51. The molecule has 8 heteroatoms. The average Bonchev–Trinajstić information content (AvgIpc) is 2.59. The minimum absolute atomic E-state index is 0.0833. The molecule has 0 aliphatic carbocycles. The Hall–Kier alpha value is -2.00. The van der Waals surface area contributed by atoms with Crippen LogP contribution in [0, 0.1) is 0 Å². The number of aliphatic hydroxyl groups excluding tert-OH is 4. The van der Waals surface area contributed by atoms with E-state index in [4.69, 9.17) is 30.6 Å². The number of carbonyl (C=O) groups is 2. The summed E-state index contributed by atoms with van der Waals surface area (Å²) in [6.45, 7) is 0.780. The Morgan fingerprint density at radius 3 is 0.917 bits per heavy atom. The molecule has 1 aromatic rings. The third-order valence-electron chi connectivity index (χ3n) is 2.51. The zero-order valence-electron chi connectivity index (χ0n) is 13.5. The lowest BCUT2D eigenvalue weighted by atomic mass is 10.1. The van der Waals surface area contributed by atoms with Crippen molar-refractivity contribution in [2.24, 2.45) is 0 Å². The first-order valence-corrected chi connectivity index (χ1v) is 7.44. The van der Waals surface area contributed by atoms with Crippen LogP contribution in [0.1, 0.15) is 46.4 Å². The van der Waals surface area contributed by atoms with Crippen LogP contribution in [0.3, 0.4) is 0 Å². The molecule has 8 nitrogen and oxygen atoms in total. The number of benzene rings is 1. The van der Waals surface area contributed by atoms with Gasteiger partial charge in [-0.1, -0.05) is 0 Å². The van der Waals surface area contributed by atoms with E-state index in [0.29, 0.717) is 0 Å². The molecule has 0 bridgehead atoms. The van der Waals surface area contributed by atoms with Crippen LogP contribution in [-0.4, -0.2) is 69.0 Å². The van der Waals surface area contributed by atoms with Gasteiger partial charge in [0.2, 0.25) is 0 Å². The van der Waals surface area contributed by atoms with E-state index in [1.54, 1.807) is 0 Å². The van der Waals surface area contributed by atoms with Crippen LogP contribution in [-0.2, 0) is 0 Å². The Kier molecular flexibility index (Phi) is 17.5. The van der Waals surface area contributed by atoms with Gasteiger partial charge in [-0.05, 0) is 49.9 Å². The van der Waals surface area contributed by atoms with Gasteiger partial charge in [0.05, 0.1) is 11.1 Å². The predicted molar refractivity (Wildman–Crippen MR) is 87.2 cm³/mol. The molecule has 0 aliphatic heterocycles. The molecular formula is C16H26O8. The lowest BCUT2D eigenvalue weighted by Crippen LogP contribution is -1.99. The largest absolute Gasteiger partial charge is 0.478 e. The van der Waals surface area contributed by atoms with Gasteiger partial charge in [0.15, 0.2) is 0 Å². The molecule has 24 heavy (non-hydrogen) atoms. The van der Waals surface area contributed by atoms with E-state index in [0.717, 1.165) is 25.7 Å². The lowest BCUT2D eigenvalue weighted by molar-refractivity contribution is 0.0681. The molecule has 0 saturated carbocycles. The van der Waals surface area contributed by atoms with Gasteiger partial charge >= 0.3 is 11.9 Å². The van der Waals surface area contributed by atoms with Gasteiger partial charge in [0, 0.05) is 26.4 Å². The van der Waals surface area contributed by atoms with Crippen molar-refractivity contribution >= 4 is 11.9 Å². The number of rotatable bonds is 8. The van der Waals surface area contributed by atoms with E-state index in [1.165, 1.54) is 24.3 Å². The van der Waals surface area contributed by atoms with E-state index >= 15 is 0 Å². The van der Waals surface area contributed by atoms with Crippen molar-refractivity contribution < 1.29 is 40.2 Å². The zero-order chi connectivity index (χ0) is 18.8.